The van der Waals surface area contributed by atoms with E-state index in [4.69, 9.17) is 52.7 Å². The second-order valence-electron chi connectivity index (χ2n) is 22.6. The lowest BCUT2D eigenvalue weighted by molar-refractivity contribution is -0.126. The molecule has 0 spiro atoms. The molecule has 4 amide bonds. The van der Waals surface area contributed by atoms with Crippen LogP contribution in [0.4, 0.5) is 11.4 Å². The molecule has 0 radical (unpaired) electrons. The van der Waals surface area contributed by atoms with Gasteiger partial charge in [-0.2, -0.15) is 10.2 Å². The number of rotatable bonds is 26. The van der Waals surface area contributed by atoms with Crippen molar-refractivity contribution >= 4 is 121 Å². The molecule has 8 N–H and O–H groups in total. The van der Waals surface area contributed by atoms with Crippen LogP contribution in [-0.4, -0.2) is 121 Å². The Labute approximate surface area is 572 Å². The average Bonchev–Trinajstić information content (AvgIpc) is 1.69. The fourth-order valence-electron chi connectivity index (χ4n) is 10.9. The maximum atomic E-state index is 12.9. The second kappa shape index (κ2) is 37.3. The Balaban J connectivity index is 0.000000231. The van der Waals surface area contributed by atoms with Gasteiger partial charge >= 0.3 is 7.12 Å². The van der Waals surface area contributed by atoms with Gasteiger partial charge in [0.1, 0.15) is 12.6 Å². The van der Waals surface area contributed by atoms with Crippen molar-refractivity contribution in [2.24, 2.45) is 0 Å². The maximum absolute atomic E-state index is 12.9. The molecule has 0 saturated carbocycles. The molecule has 22 nitrogen and oxygen atoms in total. The summed E-state index contributed by atoms with van der Waals surface area (Å²) in [4.78, 5) is 81.8. The lowest BCUT2D eigenvalue weighted by Gasteiger charge is -2.26. The zero-order chi connectivity index (χ0) is 67.1. The first kappa shape index (κ1) is 74.3. The number of anilines is 2. The van der Waals surface area contributed by atoms with Crippen molar-refractivity contribution in [3.05, 3.63) is 157 Å². The summed E-state index contributed by atoms with van der Waals surface area (Å²) in [6.07, 6.45) is 10.5. The number of halogens is 3. The summed E-state index contributed by atoms with van der Waals surface area (Å²) in [5, 5.41) is 48.7. The molecular formula is C69H84BBrCl2N12O10. The molecule has 4 aromatic heterocycles. The highest BCUT2D eigenvalue weighted by Gasteiger charge is 2.25. The van der Waals surface area contributed by atoms with Crippen LogP contribution < -0.4 is 37.4 Å². The van der Waals surface area contributed by atoms with E-state index in [0.717, 1.165) is 141 Å². The number of pyridine rings is 2. The van der Waals surface area contributed by atoms with Gasteiger partial charge in [0.2, 0.25) is 23.6 Å². The van der Waals surface area contributed by atoms with Crippen LogP contribution in [0.5, 0.6) is 0 Å². The number of amides is 4. The zero-order valence-corrected chi connectivity index (χ0v) is 56.3. The summed E-state index contributed by atoms with van der Waals surface area (Å²) >= 11 is 15.8. The molecule has 8 aromatic rings. The van der Waals surface area contributed by atoms with Gasteiger partial charge in [-0.05, 0) is 121 Å². The number of carbonyl (C=O) groups is 6. The molecule has 2 saturated heterocycles. The normalized spacial score (nSPS) is 13.1. The van der Waals surface area contributed by atoms with Crippen LogP contribution in [0.2, 0.25) is 10.0 Å². The van der Waals surface area contributed by atoms with E-state index in [9.17, 15) is 28.8 Å². The standard InChI is InChI=1S/C34H39ClN6O4.C27H34BrClN6O3.C7H7BO3.CH4/c1-3-30-27(33(39-25-12-14-45-15-13-25)28-20-38-41(4-2)34(28)40-30)19-37-32(44)11-10-31(43)36-18-22-8-9-29(35)26(17-22)24-7-5-6-23(16-24)21-42;1-3-23-19(15-31-25(37)8-7-24(36)30-14-17-5-6-22(29)21(28)13-17)26(33-18-9-11-38-12-10-18)20-16-32-35(4-2)27(20)34-23;9-5-6-2-1-3-7(4-6)8(10)11;/h5-9,16-17,20-21,25H,3-4,10-15,18-19H2,1-2H3,(H,36,43)(H,37,44)(H,39,40);5-6,13,16,18H,3-4,7-12,14-15H2,1-2H3,(H,30,36)(H,31,37)(H,33,34);1-5,10-11H;1H4. The first-order valence-corrected chi connectivity index (χ1v) is 33.3. The van der Waals surface area contributed by atoms with E-state index in [-0.39, 0.29) is 75.4 Å². The summed E-state index contributed by atoms with van der Waals surface area (Å²) in [5.74, 6) is -0.802. The first-order chi connectivity index (χ1) is 45.5. The van der Waals surface area contributed by atoms with Crippen LogP contribution in [0.25, 0.3) is 33.2 Å². The Morgan fingerprint density at radius 2 is 1.02 bits per heavy atom. The van der Waals surface area contributed by atoms with Crippen molar-refractivity contribution in [3.8, 4) is 11.1 Å². The van der Waals surface area contributed by atoms with Gasteiger partial charge in [0.05, 0.1) is 39.6 Å². The Hall–Kier alpha value is -8.10. The molecule has 4 aromatic carbocycles. The third-order valence-corrected chi connectivity index (χ3v) is 17.7. The summed E-state index contributed by atoms with van der Waals surface area (Å²) in [6, 6.07) is 24.9. The van der Waals surface area contributed by atoms with Crippen LogP contribution >= 0.6 is 39.1 Å². The van der Waals surface area contributed by atoms with Gasteiger partial charge < -0.3 is 51.4 Å². The summed E-state index contributed by atoms with van der Waals surface area (Å²) in [6.45, 7) is 13.8. The van der Waals surface area contributed by atoms with Gasteiger partial charge in [0.25, 0.3) is 0 Å². The van der Waals surface area contributed by atoms with Crippen molar-refractivity contribution in [1.82, 2.24) is 50.8 Å². The quantitative estimate of drug-likeness (QED) is 0.0185. The zero-order valence-electron chi connectivity index (χ0n) is 53.2. The van der Waals surface area contributed by atoms with E-state index in [1.54, 1.807) is 42.5 Å². The Bertz CT molecular complexity index is 3930. The van der Waals surface area contributed by atoms with E-state index in [0.29, 0.717) is 78.7 Å². The number of aromatic nitrogens is 6. The van der Waals surface area contributed by atoms with Crippen LogP contribution in [-0.2, 0) is 80.8 Å². The van der Waals surface area contributed by atoms with Gasteiger partial charge in [-0.3, -0.25) is 28.8 Å². The van der Waals surface area contributed by atoms with Gasteiger partial charge in [0, 0.05) is 152 Å². The molecule has 6 heterocycles. The SMILES string of the molecule is C.CCc1nc2c(cnn2CC)c(NC2CCOCC2)c1CNC(=O)CCC(=O)NCc1ccc(Cl)c(-c2cccc(C=O)c2)c1.CCc1nc2c(cnn2CC)c(NC2CCOCC2)c1CNC(=O)CCC(=O)NCc1ccc(Cl)c(Br)c1.O=Cc1cccc(B(O)O)c1. The molecule has 26 heteroatoms. The predicted molar refractivity (Wildman–Crippen MR) is 376 cm³/mol. The summed E-state index contributed by atoms with van der Waals surface area (Å²) < 4.78 is 15.6. The number of hydrogen-bond acceptors (Lipinski definition) is 16. The highest BCUT2D eigenvalue weighted by molar-refractivity contribution is 9.10. The van der Waals surface area contributed by atoms with Gasteiger partial charge in [0.15, 0.2) is 11.3 Å². The third-order valence-electron chi connectivity index (χ3n) is 16.1. The Morgan fingerprint density at radius 1 is 0.589 bits per heavy atom. The number of aryl methyl sites for hydroxylation is 4. The number of ether oxygens (including phenoxy) is 2. The number of nitrogens with zero attached hydrogens (tertiary/aromatic N) is 6. The predicted octanol–water partition coefficient (Wildman–Crippen LogP) is 10.00. The van der Waals surface area contributed by atoms with Crippen LogP contribution in [0.15, 0.2) is 102 Å². The molecule has 0 atom stereocenters. The van der Waals surface area contributed by atoms with E-state index < -0.39 is 7.12 Å². The minimum absolute atomic E-state index is 0. The van der Waals surface area contributed by atoms with E-state index >= 15 is 0 Å². The Kier molecular flexibility index (Phi) is 29.1. The fraction of sp³-hybridized carbons (Fsp3) is 0.391. The lowest BCUT2D eigenvalue weighted by atomic mass is 9.80. The highest BCUT2D eigenvalue weighted by Crippen LogP contribution is 2.34. The maximum Gasteiger partial charge on any atom is 0.488 e. The molecule has 2 aliphatic rings. The molecule has 2 aliphatic heterocycles. The molecule has 0 bridgehead atoms. The number of fused-ring (bicyclic) bond motifs is 2. The van der Waals surface area contributed by atoms with Crippen molar-refractivity contribution in [2.75, 3.05) is 37.1 Å². The molecular weight excluding hydrogens is 1320 g/mol. The highest BCUT2D eigenvalue weighted by atomic mass is 79.9. The molecule has 95 heavy (non-hydrogen) atoms. The van der Waals surface area contributed by atoms with E-state index in [1.165, 1.54) is 12.1 Å². The van der Waals surface area contributed by atoms with E-state index in [2.05, 4.69) is 71.9 Å². The second-order valence-corrected chi connectivity index (χ2v) is 24.2. The third kappa shape index (κ3) is 20.9. The smallest absolute Gasteiger partial charge is 0.423 e. The number of hydrogen-bond donors (Lipinski definition) is 8. The van der Waals surface area contributed by atoms with Crippen molar-refractivity contribution < 1.29 is 48.3 Å². The molecule has 0 unspecified atom stereocenters. The number of aldehydes is 2. The van der Waals surface area contributed by atoms with Crippen LogP contribution in [0.3, 0.4) is 0 Å². The van der Waals surface area contributed by atoms with Gasteiger partial charge in [-0.1, -0.05) is 99.1 Å². The summed E-state index contributed by atoms with van der Waals surface area (Å²) in [7, 11) is -1.50. The Morgan fingerprint density at radius 3 is 1.45 bits per heavy atom. The van der Waals surface area contributed by atoms with Crippen molar-refractivity contribution in [3.63, 3.8) is 0 Å². The minimum Gasteiger partial charge on any atom is -0.423 e. The molecule has 504 valence electrons. The van der Waals surface area contributed by atoms with Crippen LogP contribution in [0, 0.1) is 0 Å². The minimum atomic E-state index is -1.50. The number of nitrogens with one attached hydrogen (secondary N) is 6. The average molecular weight is 1400 g/mol. The topological polar surface area (TPSA) is 295 Å². The molecule has 2 fully saturated rings. The summed E-state index contributed by atoms with van der Waals surface area (Å²) in [5.41, 5.74) is 12.1. The monoisotopic (exact) mass is 1400 g/mol. The molecule has 10 rings (SSSR count). The fourth-order valence-corrected chi connectivity index (χ4v) is 11.7. The first-order valence-electron chi connectivity index (χ1n) is 31.7. The largest absolute Gasteiger partial charge is 0.488 e. The van der Waals surface area contributed by atoms with Gasteiger partial charge in [-0.15, -0.1) is 0 Å². The van der Waals surface area contributed by atoms with Crippen molar-refractivity contribution in [1.29, 1.82) is 0 Å². The number of benzene rings is 4. The van der Waals surface area contributed by atoms with Crippen molar-refractivity contribution in [2.45, 2.75) is 151 Å². The van der Waals surface area contributed by atoms with Crippen LogP contribution in [0.1, 0.15) is 141 Å². The number of carbonyl (C=O) groups excluding carboxylic acids is 6. The van der Waals surface area contributed by atoms with Gasteiger partial charge in [-0.25, -0.2) is 19.3 Å². The van der Waals surface area contributed by atoms with E-state index in [1.807, 2.05) is 65.9 Å². The molecule has 0 aliphatic carbocycles. The lowest BCUT2D eigenvalue weighted by Crippen LogP contribution is -2.30.